The van der Waals surface area contributed by atoms with E-state index in [0.29, 0.717) is 24.3 Å². The second kappa shape index (κ2) is 12.6. The Bertz CT molecular complexity index is 1880. The van der Waals surface area contributed by atoms with Gasteiger partial charge in [0.2, 0.25) is 0 Å². The van der Waals surface area contributed by atoms with E-state index in [1.165, 1.54) is 19.1 Å². The average Bonchev–Trinajstić information content (AvgIpc) is 2.96. The van der Waals surface area contributed by atoms with Gasteiger partial charge in [0.25, 0.3) is 0 Å². The van der Waals surface area contributed by atoms with Gasteiger partial charge in [-0.1, -0.05) is 12.1 Å². The smallest absolute Gasteiger partial charge is 0.429 e. The molecule has 0 saturated heterocycles. The fourth-order valence-corrected chi connectivity index (χ4v) is 4.73. The molecule has 5 aromatic carbocycles. The predicted octanol–water partition coefficient (Wildman–Crippen LogP) is 11.0. The molecule has 16 heteroatoms. The van der Waals surface area contributed by atoms with Gasteiger partial charge in [-0.25, -0.2) is 43.9 Å². The summed E-state index contributed by atoms with van der Waals surface area (Å²) in [5.41, 5.74) is -4.85. The van der Waals surface area contributed by atoms with Crippen LogP contribution in [-0.4, -0.2) is 0 Å². The molecule has 256 valence electrons. The van der Waals surface area contributed by atoms with E-state index in [1.807, 2.05) is 0 Å². The molecule has 0 saturated carbocycles. The van der Waals surface area contributed by atoms with Gasteiger partial charge in [-0.3, -0.25) is 0 Å². The highest BCUT2D eigenvalue weighted by Gasteiger charge is 2.43. The van der Waals surface area contributed by atoms with Crippen molar-refractivity contribution in [3.05, 3.63) is 142 Å². The third-order valence-corrected chi connectivity index (χ3v) is 6.82. The minimum atomic E-state index is -4.89. The van der Waals surface area contributed by atoms with Gasteiger partial charge in [0.05, 0.1) is 0 Å². The lowest BCUT2D eigenvalue weighted by atomic mass is 9.94. The molecule has 0 aliphatic heterocycles. The molecule has 0 unspecified atom stereocenters. The molecule has 0 aliphatic carbocycles. The summed E-state index contributed by atoms with van der Waals surface area (Å²) in [6.45, 7) is 1.40. The van der Waals surface area contributed by atoms with E-state index >= 15 is 0 Å². The predicted molar refractivity (Wildman–Crippen MR) is 144 cm³/mol. The molecule has 0 amide bonds. The molecule has 0 atom stereocenters. The van der Waals surface area contributed by atoms with Crippen molar-refractivity contribution >= 4 is 0 Å². The minimum absolute atomic E-state index is 0.0188. The van der Waals surface area contributed by atoms with Crippen LogP contribution in [0.5, 0.6) is 11.5 Å². The van der Waals surface area contributed by atoms with Gasteiger partial charge in [0.15, 0.2) is 34.9 Å². The van der Waals surface area contributed by atoms with Crippen molar-refractivity contribution in [2.75, 3.05) is 0 Å². The molecule has 2 nitrogen and oxygen atoms in total. The van der Waals surface area contributed by atoms with Crippen LogP contribution in [0.3, 0.4) is 0 Å². The van der Waals surface area contributed by atoms with Crippen LogP contribution in [0, 0.1) is 65.1 Å². The Hall–Kier alpha value is -5.28. The lowest BCUT2D eigenvalue weighted by Gasteiger charge is -2.21. The maximum absolute atomic E-state index is 15.0. The third kappa shape index (κ3) is 6.98. The van der Waals surface area contributed by atoms with Gasteiger partial charge < -0.3 is 9.47 Å². The monoisotopic (exact) mass is 708 g/mol. The first-order valence-corrected chi connectivity index (χ1v) is 13.3. The molecule has 0 N–H and O–H groups in total. The standard InChI is InChI=1S/C33H14F14O2/c1-13-2-14(16-5-20(34)28(21(35)6-16)32(44,45)48-18-9-24(38)30(42)25(39)10-18)4-15(3-13)17-7-22(36)29(23(37)8-17)33(46,47)49-19-11-26(40)31(43)27(41)12-19/h2-12H,1H3. The van der Waals surface area contributed by atoms with Crippen molar-refractivity contribution in [1.29, 1.82) is 0 Å². The topological polar surface area (TPSA) is 18.5 Å². The van der Waals surface area contributed by atoms with Crippen LogP contribution in [0.1, 0.15) is 16.7 Å². The zero-order chi connectivity index (χ0) is 36.2. The highest BCUT2D eigenvalue weighted by Crippen LogP contribution is 2.40. The second-order valence-electron chi connectivity index (χ2n) is 10.4. The second-order valence-corrected chi connectivity index (χ2v) is 10.4. The quantitative estimate of drug-likeness (QED) is 0.118. The molecule has 0 heterocycles. The molecule has 0 spiro atoms. The third-order valence-electron chi connectivity index (χ3n) is 6.82. The summed E-state index contributed by atoms with van der Waals surface area (Å²) in [6.07, 6.45) is -9.77. The van der Waals surface area contributed by atoms with Gasteiger partial charge in [0.1, 0.15) is 45.9 Å². The summed E-state index contributed by atoms with van der Waals surface area (Å²) in [4.78, 5) is 0. The zero-order valence-electron chi connectivity index (χ0n) is 24.0. The van der Waals surface area contributed by atoms with Crippen molar-refractivity contribution in [1.82, 2.24) is 0 Å². The lowest BCUT2D eigenvalue weighted by Crippen LogP contribution is -2.25. The molecular formula is C33H14F14O2. The summed E-state index contributed by atoms with van der Waals surface area (Å²) in [7, 11) is 0. The Morgan fingerprint density at radius 1 is 0.367 bits per heavy atom. The number of ether oxygens (including phenoxy) is 2. The highest BCUT2D eigenvalue weighted by molar-refractivity contribution is 5.75. The number of aryl methyl sites for hydroxylation is 1. The first kappa shape index (κ1) is 35.0. The largest absolute Gasteiger partial charge is 0.432 e. The average molecular weight is 708 g/mol. The van der Waals surface area contributed by atoms with E-state index in [2.05, 4.69) is 9.47 Å². The summed E-state index contributed by atoms with van der Waals surface area (Å²) in [6, 6.07) is 5.29. The maximum atomic E-state index is 15.0. The van der Waals surface area contributed by atoms with Gasteiger partial charge in [-0.05, 0) is 65.1 Å². The van der Waals surface area contributed by atoms with E-state index in [1.54, 1.807) is 0 Å². The number of halogens is 14. The fraction of sp³-hybridized carbons (Fsp3) is 0.0909. The summed E-state index contributed by atoms with van der Waals surface area (Å²) < 4.78 is 207. The number of hydrogen-bond donors (Lipinski definition) is 0. The SMILES string of the molecule is Cc1cc(-c2cc(F)c(C(F)(F)Oc3cc(F)c(F)c(F)c3)c(F)c2)cc(-c2cc(F)c(C(F)(F)Oc3cc(F)c(F)c(F)c3)c(F)c2)c1. The Balaban J connectivity index is 1.47. The maximum Gasteiger partial charge on any atom is 0.432 e. The molecule has 0 bridgehead atoms. The van der Waals surface area contributed by atoms with Crippen LogP contribution in [0.2, 0.25) is 0 Å². The Morgan fingerprint density at radius 2 is 0.633 bits per heavy atom. The first-order valence-electron chi connectivity index (χ1n) is 13.3. The van der Waals surface area contributed by atoms with E-state index in [0.717, 1.165) is 6.07 Å². The van der Waals surface area contributed by atoms with Crippen molar-refractivity contribution in [2.24, 2.45) is 0 Å². The van der Waals surface area contributed by atoms with Crippen LogP contribution in [0.4, 0.5) is 61.5 Å². The van der Waals surface area contributed by atoms with Crippen LogP contribution >= 0.6 is 0 Å². The summed E-state index contributed by atoms with van der Waals surface area (Å²) >= 11 is 0. The fourth-order valence-electron chi connectivity index (χ4n) is 4.73. The molecule has 5 rings (SSSR count). The van der Waals surface area contributed by atoms with Gasteiger partial charge >= 0.3 is 12.2 Å². The molecule has 0 radical (unpaired) electrons. The van der Waals surface area contributed by atoms with Gasteiger partial charge in [-0.15, -0.1) is 0 Å². The van der Waals surface area contributed by atoms with Crippen LogP contribution < -0.4 is 9.47 Å². The Morgan fingerprint density at radius 3 is 0.918 bits per heavy atom. The number of rotatable bonds is 8. The van der Waals surface area contributed by atoms with E-state index in [4.69, 9.17) is 0 Å². The van der Waals surface area contributed by atoms with Crippen molar-refractivity contribution in [3.63, 3.8) is 0 Å². The summed E-state index contributed by atoms with van der Waals surface area (Å²) in [5, 5.41) is 0. The lowest BCUT2D eigenvalue weighted by molar-refractivity contribution is -0.190. The van der Waals surface area contributed by atoms with Crippen molar-refractivity contribution in [2.45, 2.75) is 19.1 Å². The number of alkyl halides is 4. The van der Waals surface area contributed by atoms with Crippen molar-refractivity contribution in [3.8, 4) is 33.8 Å². The normalized spacial score (nSPS) is 12.0. The number of hydrogen-bond acceptors (Lipinski definition) is 2. The number of benzene rings is 5. The molecule has 0 aliphatic rings. The van der Waals surface area contributed by atoms with Crippen LogP contribution in [-0.2, 0) is 12.2 Å². The van der Waals surface area contributed by atoms with Crippen LogP contribution in [0.25, 0.3) is 22.3 Å². The zero-order valence-corrected chi connectivity index (χ0v) is 24.0. The van der Waals surface area contributed by atoms with Gasteiger partial charge in [0, 0.05) is 24.3 Å². The molecule has 5 aromatic rings. The molecule has 0 aromatic heterocycles. The van der Waals surface area contributed by atoms with Crippen LogP contribution in [0.15, 0.2) is 66.7 Å². The van der Waals surface area contributed by atoms with E-state index in [9.17, 15) is 61.5 Å². The molecule has 49 heavy (non-hydrogen) atoms. The van der Waals surface area contributed by atoms with Crippen molar-refractivity contribution < 1.29 is 70.9 Å². The van der Waals surface area contributed by atoms with Gasteiger partial charge in [-0.2, -0.15) is 17.6 Å². The Kier molecular flexibility index (Phi) is 9.03. The molecular weight excluding hydrogens is 694 g/mol. The minimum Gasteiger partial charge on any atom is -0.429 e. The Labute approximate surface area is 265 Å². The van der Waals surface area contributed by atoms with E-state index < -0.39 is 104 Å². The summed E-state index contributed by atoms with van der Waals surface area (Å²) in [5.74, 6) is -22.0. The molecule has 0 fully saturated rings. The highest BCUT2D eigenvalue weighted by atomic mass is 19.3. The van der Waals surface area contributed by atoms with E-state index in [-0.39, 0.29) is 41.0 Å². The first-order chi connectivity index (χ1) is 22.8.